The van der Waals surface area contributed by atoms with E-state index in [-0.39, 0.29) is 24.6 Å². The topological polar surface area (TPSA) is 71.0 Å². The molecule has 1 amide bonds. The van der Waals surface area contributed by atoms with Crippen LogP contribution >= 0.6 is 0 Å². The van der Waals surface area contributed by atoms with Crippen molar-refractivity contribution in [1.82, 2.24) is 14.9 Å². The molecule has 0 radical (unpaired) electrons. The third kappa shape index (κ3) is 5.44. The number of hydrogen-bond acceptors (Lipinski definition) is 7. The van der Waals surface area contributed by atoms with E-state index in [1.807, 2.05) is 32.6 Å². The number of halogens is 3. The predicted molar refractivity (Wildman–Crippen MR) is 129 cm³/mol. The van der Waals surface area contributed by atoms with Crippen LogP contribution in [0.2, 0.25) is 0 Å². The van der Waals surface area contributed by atoms with Crippen LogP contribution < -0.4 is 14.5 Å². The molecule has 2 aliphatic rings. The van der Waals surface area contributed by atoms with E-state index < -0.39 is 17.3 Å². The summed E-state index contributed by atoms with van der Waals surface area (Å²) in [5, 5.41) is 0. The van der Waals surface area contributed by atoms with Crippen LogP contribution in [0.5, 0.6) is 6.01 Å². The maximum Gasteiger partial charge on any atom is 0.416 e. The van der Waals surface area contributed by atoms with Crippen LogP contribution in [-0.4, -0.2) is 65.9 Å². The first-order chi connectivity index (χ1) is 16.9. The SMILES string of the molecule is COc1ncc(N2CCc3c(C(F)(F)F)ccc(N4CCN(C(=O)OC(C)(C)C)C(C)C4)c3C2)cn1. The van der Waals surface area contributed by atoms with Gasteiger partial charge in [-0.3, -0.25) is 0 Å². The minimum Gasteiger partial charge on any atom is -0.467 e. The molecule has 196 valence electrons. The molecule has 0 bridgehead atoms. The predicted octanol–water partition coefficient (Wildman–Crippen LogP) is 4.51. The molecule has 11 heteroatoms. The number of methoxy groups -OCH3 is 1. The number of aromatic nitrogens is 2. The zero-order valence-corrected chi connectivity index (χ0v) is 21.2. The Balaban J connectivity index is 1.62. The lowest BCUT2D eigenvalue weighted by atomic mass is 9.91. The highest BCUT2D eigenvalue weighted by molar-refractivity contribution is 5.70. The summed E-state index contributed by atoms with van der Waals surface area (Å²) in [6.45, 7) is 9.49. The summed E-state index contributed by atoms with van der Waals surface area (Å²) in [6, 6.07) is 2.81. The largest absolute Gasteiger partial charge is 0.467 e. The molecule has 2 aliphatic heterocycles. The Morgan fingerprint density at radius 3 is 2.31 bits per heavy atom. The molecule has 2 aromatic rings. The summed E-state index contributed by atoms with van der Waals surface area (Å²) in [7, 11) is 1.47. The Morgan fingerprint density at radius 1 is 1.03 bits per heavy atom. The van der Waals surface area contributed by atoms with Crippen LogP contribution in [0.25, 0.3) is 0 Å². The van der Waals surface area contributed by atoms with Gasteiger partial charge in [-0.25, -0.2) is 14.8 Å². The van der Waals surface area contributed by atoms with Crippen molar-refractivity contribution >= 4 is 17.5 Å². The van der Waals surface area contributed by atoms with Gasteiger partial charge in [0.1, 0.15) is 5.60 Å². The van der Waals surface area contributed by atoms with Gasteiger partial charge in [0.25, 0.3) is 0 Å². The number of carbonyl (C=O) groups excluding carboxylic acids is 1. The van der Waals surface area contributed by atoms with E-state index in [0.29, 0.717) is 49.5 Å². The lowest BCUT2D eigenvalue weighted by molar-refractivity contribution is -0.138. The van der Waals surface area contributed by atoms with Gasteiger partial charge in [0.15, 0.2) is 0 Å². The summed E-state index contributed by atoms with van der Waals surface area (Å²) < 4.78 is 52.2. The van der Waals surface area contributed by atoms with Gasteiger partial charge in [-0.05, 0) is 57.4 Å². The minimum atomic E-state index is -4.43. The quantitative estimate of drug-likeness (QED) is 0.605. The van der Waals surface area contributed by atoms with Gasteiger partial charge in [-0.1, -0.05) is 0 Å². The molecule has 36 heavy (non-hydrogen) atoms. The van der Waals surface area contributed by atoms with E-state index >= 15 is 0 Å². The van der Waals surface area contributed by atoms with Crippen molar-refractivity contribution in [1.29, 1.82) is 0 Å². The molecular formula is C25H32F3N5O3. The number of nitrogens with zero attached hydrogens (tertiary/aromatic N) is 5. The molecule has 0 N–H and O–H groups in total. The molecule has 0 spiro atoms. The summed E-state index contributed by atoms with van der Waals surface area (Å²) in [4.78, 5) is 26.6. The second-order valence-corrected chi connectivity index (χ2v) is 10.2. The first-order valence-corrected chi connectivity index (χ1v) is 11.9. The molecule has 3 heterocycles. The van der Waals surface area contributed by atoms with Crippen LogP contribution in [0.4, 0.5) is 29.3 Å². The Kier molecular flexibility index (Phi) is 6.94. The van der Waals surface area contributed by atoms with E-state index in [0.717, 1.165) is 5.69 Å². The van der Waals surface area contributed by atoms with Gasteiger partial charge in [-0.2, -0.15) is 13.2 Å². The molecule has 8 nitrogen and oxygen atoms in total. The van der Waals surface area contributed by atoms with E-state index in [1.54, 1.807) is 23.4 Å². The van der Waals surface area contributed by atoms with E-state index in [1.165, 1.54) is 13.2 Å². The molecule has 0 saturated carbocycles. The molecule has 0 aliphatic carbocycles. The number of carbonyl (C=O) groups is 1. The van der Waals surface area contributed by atoms with Gasteiger partial charge in [0.2, 0.25) is 0 Å². The van der Waals surface area contributed by atoms with Crippen LogP contribution in [0.15, 0.2) is 24.5 Å². The van der Waals surface area contributed by atoms with E-state index in [9.17, 15) is 18.0 Å². The Bertz CT molecular complexity index is 1100. The third-order valence-corrected chi connectivity index (χ3v) is 6.45. The average Bonchev–Trinajstić information content (AvgIpc) is 2.81. The van der Waals surface area contributed by atoms with Crippen LogP contribution in [0, 0.1) is 0 Å². The molecule has 1 fully saturated rings. The average molecular weight is 508 g/mol. The molecule has 1 aromatic heterocycles. The van der Waals surface area contributed by atoms with E-state index in [4.69, 9.17) is 9.47 Å². The van der Waals surface area contributed by atoms with Crippen molar-refractivity contribution in [3.63, 3.8) is 0 Å². The maximum absolute atomic E-state index is 13.9. The first kappa shape index (κ1) is 25.8. The molecule has 1 unspecified atom stereocenters. The number of alkyl halides is 3. The summed E-state index contributed by atoms with van der Waals surface area (Å²) in [5.41, 5.74) is 1.25. The van der Waals surface area contributed by atoms with Crippen molar-refractivity contribution in [3.05, 3.63) is 41.2 Å². The molecule has 4 rings (SSSR count). The van der Waals surface area contributed by atoms with Crippen LogP contribution in [0.3, 0.4) is 0 Å². The number of ether oxygens (including phenoxy) is 2. The third-order valence-electron chi connectivity index (χ3n) is 6.45. The number of fused-ring (bicyclic) bond motifs is 1. The number of piperazine rings is 1. The molecule has 1 aromatic carbocycles. The smallest absolute Gasteiger partial charge is 0.416 e. The van der Waals surface area contributed by atoms with Gasteiger partial charge in [0, 0.05) is 44.5 Å². The highest BCUT2D eigenvalue weighted by Gasteiger charge is 2.38. The fraction of sp³-hybridized carbons (Fsp3) is 0.560. The fourth-order valence-electron chi connectivity index (χ4n) is 4.79. The summed E-state index contributed by atoms with van der Waals surface area (Å²) >= 11 is 0. The maximum atomic E-state index is 13.9. The monoisotopic (exact) mass is 507 g/mol. The lowest BCUT2D eigenvalue weighted by Crippen LogP contribution is -2.55. The number of rotatable bonds is 3. The van der Waals surface area contributed by atoms with Crippen molar-refractivity contribution in [2.45, 2.75) is 58.5 Å². The standard InChI is InChI=1S/C25H32F3N5O3/c1-16-14-32(10-11-33(16)23(34)36-24(2,3)4)21-7-6-20(25(26,27)28)18-8-9-31(15-19(18)21)17-12-29-22(35-5)30-13-17/h6-7,12-13,16H,8-11,14-15H2,1-5H3. The highest BCUT2D eigenvalue weighted by Crippen LogP contribution is 2.40. The first-order valence-electron chi connectivity index (χ1n) is 11.9. The van der Waals surface area contributed by atoms with Gasteiger partial charge >= 0.3 is 18.3 Å². The van der Waals surface area contributed by atoms with Crippen molar-refractivity contribution in [2.24, 2.45) is 0 Å². The zero-order chi connectivity index (χ0) is 26.3. The molecule has 1 atom stereocenters. The Labute approximate surface area is 209 Å². The normalized spacial score (nSPS) is 18.7. The number of hydrogen-bond donors (Lipinski definition) is 0. The second kappa shape index (κ2) is 9.67. The zero-order valence-electron chi connectivity index (χ0n) is 21.2. The van der Waals surface area contributed by atoms with E-state index in [2.05, 4.69) is 14.9 Å². The van der Waals surface area contributed by atoms with Gasteiger partial charge < -0.3 is 24.2 Å². The van der Waals surface area contributed by atoms with Crippen molar-refractivity contribution in [3.8, 4) is 6.01 Å². The summed E-state index contributed by atoms with van der Waals surface area (Å²) in [6.07, 6.45) is -1.33. The van der Waals surface area contributed by atoms with Crippen molar-refractivity contribution in [2.75, 3.05) is 43.1 Å². The Morgan fingerprint density at radius 2 is 1.72 bits per heavy atom. The lowest BCUT2D eigenvalue weighted by Gasteiger charge is -2.43. The van der Waals surface area contributed by atoms with Crippen molar-refractivity contribution < 1.29 is 27.4 Å². The summed E-state index contributed by atoms with van der Waals surface area (Å²) in [5.74, 6) is 0. The number of anilines is 2. The second-order valence-electron chi connectivity index (χ2n) is 10.2. The Hall–Kier alpha value is -3.24. The minimum absolute atomic E-state index is 0.166. The number of benzene rings is 1. The molecular weight excluding hydrogens is 475 g/mol. The van der Waals surface area contributed by atoms with Crippen LogP contribution in [0.1, 0.15) is 44.4 Å². The van der Waals surface area contributed by atoms with Gasteiger partial charge in [0.05, 0.1) is 30.8 Å². The highest BCUT2D eigenvalue weighted by atomic mass is 19.4. The molecule has 1 saturated heterocycles. The van der Waals surface area contributed by atoms with Crippen LogP contribution in [-0.2, 0) is 23.9 Å². The van der Waals surface area contributed by atoms with Gasteiger partial charge in [-0.15, -0.1) is 0 Å². The fourth-order valence-corrected chi connectivity index (χ4v) is 4.79. The number of amides is 1.